The highest BCUT2D eigenvalue weighted by atomic mass is 79.9. The maximum Gasteiger partial charge on any atom is 0.271 e. The molecule has 0 saturated carbocycles. The number of amides is 1. The third-order valence-electron chi connectivity index (χ3n) is 2.76. The number of nitrogens with one attached hydrogen (secondary N) is 1. The van der Waals surface area contributed by atoms with Crippen LogP contribution < -0.4 is 10.2 Å². The van der Waals surface area contributed by atoms with Crippen LogP contribution in [0.2, 0.25) is 0 Å². The summed E-state index contributed by atoms with van der Waals surface area (Å²) in [5, 5.41) is 3.76. The lowest BCUT2D eigenvalue weighted by Crippen LogP contribution is -2.17. The summed E-state index contributed by atoms with van der Waals surface area (Å²) in [5.41, 5.74) is 3.07. The molecule has 6 heteroatoms. The lowest BCUT2D eigenvalue weighted by atomic mass is 10.2. The molecule has 0 aromatic heterocycles. The van der Waals surface area contributed by atoms with Crippen molar-refractivity contribution in [3.8, 4) is 5.75 Å². The van der Waals surface area contributed by atoms with Gasteiger partial charge in [0, 0.05) is 15.6 Å². The van der Waals surface area contributed by atoms with E-state index in [9.17, 15) is 9.18 Å². The zero-order valence-corrected chi connectivity index (χ0v) is 13.4. The summed E-state index contributed by atoms with van der Waals surface area (Å²) in [4.78, 5) is 11.9. The first kappa shape index (κ1) is 16.2. The van der Waals surface area contributed by atoms with Crippen molar-refractivity contribution in [1.29, 1.82) is 0 Å². The van der Waals surface area contributed by atoms with Gasteiger partial charge in [-0.25, -0.2) is 9.82 Å². The van der Waals surface area contributed by atoms with Gasteiger partial charge in [-0.3, -0.25) is 4.79 Å². The van der Waals surface area contributed by atoms with Crippen LogP contribution in [-0.4, -0.2) is 18.7 Å². The Morgan fingerprint density at radius 1 is 1.32 bits per heavy atom. The number of carbonyl (C=O) groups is 1. The second-order valence-electron chi connectivity index (χ2n) is 4.32. The number of ether oxygens (including phenoxy) is 1. The van der Waals surface area contributed by atoms with Crippen molar-refractivity contribution in [2.75, 3.05) is 6.61 Å². The van der Waals surface area contributed by atoms with Crippen LogP contribution in [0, 0.1) is 5.82 Å². The van der Waals surface area contributed by atoms with Crippen molar-refractivity contribution in [3.63, 3.8) is 0 Å². The topological polar surface area (TPSA) is 50.7 Å². The minimum atomic E-state index is -0.415. The van der Waals surface area contributed by atoms with E-state index in [0.29, 0.717) is 17.9 Å². The van der Waals surface area contributed by atoms with Crippen molar-refractivity contribution < 1.29 is 13.9 Å². The molecule has 2 aromatic carbocycles. The van der Waals surface area contributed by atoms with Crippen LogP contribution in [0.15, 0.2) is 52.0 Å². The summed E-state index contributed by atoms with van der Waals surface area (Å²) >= 11 is 3.25. The lowest BCUT2D eigenvalue weighted by Gasteiger charge is -2.04. The fourth-order valence-electron chi connectivity index (χ4n) is 1.71. The van der Waals surface area contributed by atoms with Crippen LogP contribution in [0.25, 0.3) is 0 Å². The SMILES string of the molecule is CCOc1ccc(C(=O)N/N=C\c2cc(Br)ccc2F)cc1. The van der Waals surface area contributed by atoms with Gasteiger partial charge < -0.3 is 4.74 Å². The number of hydrogen-bond donors (Lipinski definition) is 1. The Labute approximate surface area is 136 Å². The number of nitrogens with zero attached hydrogens (tertiary/aromatic N) is 1. The maximum absolute atomic E-state index is 13.5. The number of carbonyl (C=O) groups excluding carboxylic acids is 1. The van der Waals surface area contributed by atoms with Crippen molar-refractivity contribution in [1.82, 2.24) is 5.43 Å². The molecule has 22 heavy (non-hydrogen) atoms. The van der Waals surface area contributed by atoms with Gasteiger partial charge in [0.1, 0.15) is 11.6 Å². The number of hydrogen-bond acceptors (Lipinski definition) is 3. The van der Waals surface area contributed by atoms with Crippen LogP contribution in [0.4, 0.5) is 4.39 Å². The molecule has 0 aliphatic heterocycles. The Morgan fingerprint density at radius 3 is 2.73 bits per heavy atom. The lowest BCUT2D eigenvalue weighted by molar-refractivity contribution is 0.0955. The van der Waals surface area contributed by atoms with E-state index in [4.69, 9.17) is 4.74 Å². The number of rotatable bonds is 5. The van der Waals surface area contributed by atoms with Gasteiger partial charge in [-0.2, -0.15) is 5.10 Å². The highest BCUT2D eigenvalue weighted by molar-refractivity contribution is 9.10. The van der Waals surface area contributed by atoms with E-state index in [1.165, 1.54) is 12.3 Å². The molecule has 0 atom stereocenters. The molecule has 0 unspecified atom stereocenters. The summed E-state index contributed by atoms with van der Waals surface area (Å²) in [5.74, 6) is -0.101. The Hall–Kier alpha value is -2.21. The molecular formula is C16H14BrFN2O2. The molecule has 0 bridgehead atoms. The molecule has 0 spiro atoms. The summed E-state index contributed by atoms with van der Waals surface area (Å²) in [6.07, 6.45) is 1.26. The Kier molecular flexibility index (Phi) is 5.66. The molecule has 0 aliphatic carbocycles. The largest absolute Gasteiger partial charge is 0.494 e. The minimum absolute atomic E-state index is 0.279. The van der Waals surface area contributed by atoms with Crippen LogP contribution in [-0.2, 0) is 0 Å². The molecule has 1 amide bonds. The monoisotopic (exact) mass is 364 g/mol. The second-order valence-corrected chi connectivity index (χ2v) is 5.24. The predicted octanol–water partition coefficient (Wildman–Crippen LogP) is 3.75. The molecule has 114 valence electrons. The first-order chi connectivity index (χ1) is 10.6. The average molecular weight is 365 g/mol. The highest BCUT2D eigenvalue weighted by Crippen LogP contribution is 2.14. The van der Waals surface area contributed by atoms with E-state index in [1.54, 1.807) is 36.4 Å². The quantitative estimate of drug-likeness (QED) is 0.648. The minimum Gasteiger partial charge on any atom is -0.494 e. The zero-order chi connectivity index (χ0) is 15.9. The smallest absolute Gasteiger partial charge is 0.271 e. The zero-order valence-electron chi connectivity index (χ0n) is 11.8. The maximum atomic E-state index is 13.5. The fraction of sp³-hybridized carbons (Fsp3) is 0.125. The Balaban J connectivity index is 2.00. The molecule has 4 nitrogen and oxygen atoms in total. The molecule has 2 rings (SSSR count). The molecule has 0 radical (unpaired) electrons. The van der Waals surface area contributed by atoms with E-state index in [2.05, 4.69) is 26.5 Å². The molecule has 0 fully saturated rings. The highest BCUT2D eigenvalue weighted by Gasteiger charge is 2.05. The van der Waals surface area contributed by atoms with Crippen LogP contribution in [0.1, 0.15) is 22.8 Å². The number of hydrazone groups is 1. The van der Waals surface area contributed by atoms with Gasteiger partial charge in [-0.05, 0) is 49.4 Å². The molecule has 1 N–H and O–H groups in total. The van der Waals surface area contributed by atoms with Gasteiger partial charge in [-0.1, -0.05) is 15.9 Å². The summed E-state index contributed by atoms with van der Waals surface area (Å²) in [6, 6.07) is 11.2. The van der Waals surface area contributed by atoms with Gasteiger partial charge in [0.05, 0.1) is 12.8 Å². The van der Waals surface area contributed by atoms with Crippen LogP contribution in [0.3, 0.4) is 0 Å². The Morgan fingerprint density at radius 2 is 2.05 bits per heavy atom. The molecule has 2 aromatic rings. The van der Waals surface area contributed by atoms with Crippen molar-refractivity contribution in [3.05, 3.63) is 63.9 Å². The van der Waals surface area contributed by atoms with Crippen molar-refractivity contribution in [2.24, 2.45) is 5.10 Å². The van der Waals surface area contributed by atoms with Gasteiger partial charge in [0.2, 0.25) is 0 Å². The summed E-state index contributed by atoms with van der Waals surface area (Å²) in [6.45, 7) is 2.45. The van der Waals surface area contributed by atoms with E-state index >= 15 is 0 Å². The molecule has 0 heterocycles. The third-order valence-corrected chi connectivity index (χ3v) is 3.25. The summed E-state index contributed by atoms with van der Waals surface area (Å²) in [7, 11) is 0. The van der Waals surface area contributed by atoms with Gasteiger partial charge >= 0.3 is 0 Å². The van der Waals surface area contributed by atoms with E-state index in [0.717, 1.165) is 4.47 Å². The standard InChI is InChI=1S/C16H14BrFN2O2/c1-2-22-14-6-3-11(4-7-14)16(21)20-19-10-12-9-13(17)5-8-15(12)18/h3-10H,2H2,1H3,(H,20,21)/b19-10-. The fourth-order valence-corrected chi connectivity index (χ4v) is 2.09. The predicted molar refractivity (Wildman–Crippen MR) is 86.8 cm³/mol. The summed E-state index contributed by atoms with van der Waals surface area (Å²) < 4.78 is 19.5. The van der Waals surface area contributed by atoms with Gasteiger partial charge in [0.25, 0.3) is 5.91 Å². The molecular weight excluding hydrogens is 351 g/mol. The molecule has 0 aliphatic rings. The molecule has 0 saturated heterocycles. The van der Waals surface area contributed by atoms with Crippen molar-refractivity contribution >= 4 is 28.1 Å². The van der Waals surface area contributed by atoms with Gasteiger partial charge in [-0.15, -0.1) is 0 Å². The van der Waals surface area contributed by atoms with Crippen LogP contribution in [0.5, 0.6) is 5.75 Å². The normalized spacial score (nSPS) is 10.7. The third kappa shape index (κ3) is 4.39. The van der Waals surface area contributed by atoms with E-state index in [1.807, 2.05) is 6.92 Å². The Bertz CT molecular complexity index is 687. The van der Waals surface area contributed by atoms with Crippen LogP contribution >= 0.6 is 15.9 Å². The average Bonchev–Trinajstić information content (AvgIpc) is 2.51. The first-order valence-corrected chi connectivity index (χ1v) is 7.40. The van der Waals surface area contributed by atoms with Crippen molar-refractivity contribution in [2.45, 2.75) is 6.92 Å². The van der Waals surface area contributed by atoms with E-state index < -0.39 is 5.82 Å². The number of halogens is 2. The second kappa shape index (κ2) is 7.70. The number of benzene rings is 2. The van der Waals surface area contributed by atoms with Gasteiger partial charge in [0.15, 0.2) is 0 Å². The van der Waals surface area contributed by atoms with E-state index in [-0.39, 0.29) is 11.5 Å². The first-order valence-electron chi connectivity index (χ1n) is 6.61.